The molecule has 1 N–H and O–H groups in total. The summed E-state index contributed by atoms with van der Waals surface area (Å²) in [6.45, 7) is 6.81. The lowest BCUT2D eigenvalue weighted by Crippen LogP contribution is -2.52. The monoisotopic (exact) mass is 256 g/mol. The molecule has 0 aromatic carbocycles. The Bertz CT molecular complexity index is 267. The fraction of sp³-hybridized carbons (Fsp3) is 0.923. The van der Waals surface area contributed by atoms with Crippen LogP contribution in [0.15, 0.2) is 0 Å². The molecule has 2 aliphatic heterocycles. The van der Waals surface area contributed by atoms with Crippen molar-refractivity contribution in [3.63, 3.8) is 0 Å². The minimum atomic E-state index is 0.219. The molecule has 0 unspecified atom stereocenters. The van der Waals surface area contributed by atoms with Gasteiger partial charge in [-0.3, -0.25) is 4.79 Å². The number of rotatable bonds is 4. The first kappa shape index (κ1) is 13.8. The topological polar surface area (TPSA) is 50.8 Å². The number of nitrogens with zero attached hydrogens (tertiary/aromatic N) is 1. The van der Waals surface area contributed by atoms with Gasteiger partial charge in [0.05, 0.1) is 19.1 Å². The van der Waals surface area contributed by atoms with Crippen LogP contribution in [-0.4, -0.2) is 62.4 Å². The third-order valence-electron chi connectivity index (χ3n) is 3.66. The average molecular weight is 256 g/mol. The van der Waals surface area contributed by atoms with Gasteiger partial charge >= 0.3 is 0 Å². The molecule has 18 heavy (non-hydrogen) atoms. The van der Waals surface area contributed by atoms with Gasteiger partial charge in [0.25, 0.3) is 0 Å². The Labute approximate surface area is 109 Å². The second-order valence-electron chi connectivity index (χ2n) is 5.07. The number of amides is 1. The molecule has 2 fully saturated rings. The summed E-state index contributed by atoms with van der Waals surface area (Å²) in [7, 11) is 0. The maximum Gasteiger partial charge on any atom is 0.225 e. The molecule has 2 rings (SSSR count). The summed E-state index contributed by atoms with van der Waals surface area (Å²) >= 11 is 0. The molecule has 0 aromatic heterocycles. The van der Waals surface area contributed by atoms with Crippen LogP contribution in [-0.2, 0) is 14.3 Å². The lowest BCUT2D eigenvalue weighted by molar-refractivity contribution is -0.136. The van der Waals surface area contributed by atoms with Crippen LogP contribution in [0.4, 0.5) is 0 Å². The zero-order valence-corrected chi connectivity index (χ0v) is 11.2. The quantitative estimate of drug-likeness (QED) is 0.790. The Morgan fingerprint density at radius 2 is 2.22 bits per heavy atom. The fourth-order valence-corrected chi connectivity index (χ4v) is 2.51. The van der Waals surface area contributed by atoms with E-state index in [1.54, 1.807) is 0 Å². The fourth-order valence-electron chi connectivity index (χ4n) is 2.51. The number of hydrogen-bond donors (Lipinski definition) is 1. The lowest BCUT2D eigenvalue weighted by atomic mass is 10.1. The standard InChI is InChI=1S/C13H24N2O3/c1-11-10-14-5-6-15(11)13(16)4-9-18-12-2-7-17-8-3-12/h11-12,14H,2-10H2,1H3/t11-/m0/s1. The van der Waals surface area contributed by atoms with E-state index in [0.29, 0.717) is 19.1 Å². The first-order chi connectivity index (χ1) is 8.77. The van der Waals surface area contributed by atoms with Gasteiger partial charge in [-0.05, 0) is 19.8 Å². The highest BCUT2D eigenvalue weighted by Gasteiger charge is 2.23. The maximum atomic E-state index is 12.0. The second kappa shape index (κ2) is 7.07. The van der Waals surface area contributed by atoms with Crippen molar-refractivity contribution in [3.8, 4) is 0 Å². The molecule has 104 valence electrons. The molecule has 0 aliphatic carbocycles. The van der Waals surface area contributed by atoms with Gasteiger partial charge in [-0.2, -0.15) is 0 Å². The van der Waals surface area contributed by atoms with E-state index in [1.807, 2.05) is 4.90 Å². The number of piperazine rings is 1. The van der Waals surface area contributed by atoms with Gasteiger partial charge in [0.15, 0.2) is 0 Å². The normalized spacial score (nSPS) is 26.3. The number of carbonyl (C=O) groups excluding carboxylic acids is 1. The summed E-state index contributed by atoms with van der Waals surface area (Å²) in [6, 6.07) is 0.300. The SMILES string of the molecule is C[C@H]1CNCCN1C(=O)CCOC1CCOCC1. The minimum absolute atomic E-state index is 0.219. The summed E-state index contributed by atoms with van der Waals surface area (Å²) in [5.74, 6) is 0.219. The van der Waals surface area contributed by atoms with Gasteiger partial charge in [0, 0.05) is 38.9 Å². The highest BCUT2D eigenvalue weighted by molar-refractivity contribution is 5.76. The molecular formula is C13H24N2O3. The van der Waals surface area contributed by atoms with Crippen LogP contribution in [0.5, 0.6) is 0 Å². The molecular weight excluding hydrogens is 232 g/mol. The molecule has 0 radical (unpaired) electrons. The Hall–Kier alpha value is -0.650. The number of nitrogens with one attached hydrogen (secondary N) is 1. The first-order valence-electron chi connectivity index (χ1n) is 6.97. The predicted molar refractivity (Wildman–Crippen MR) is 68.5 cm³/mol. The summed E-state index contributed by atoms with van der Waals surface area (Å²) < 4.78 is 11.0. The third-order valence-corrected chi connectivity index (χ3v) is 3.66. The lowest BCUT2D eigenvalue weighted by Gasteiger charge is -2.34. The van der Waals surface area contributed by atoms with E-state index in [2.05, 4.69) is 12.2 Å². The maximum absolute atomic E-state index is 12.0. The smallest absolute Gasteiger partial charge is 0.225 e. The van der Waals surface area contributed by atoms with E-state index in [9.17, 15) is 4.79 Å². The molecule has 5 heteroatoms. The highest BCUT2D eigenvalue weighted by atomic mass is 16.5. The molecule has 0 spiro atoms. The van der Waals surface area contributed by atoms with Crippen molar-refractivity contribution in [2.75, 3.05) is 39.5 Å². The molecule has 2 aliphatic rings. The summed E-state index contributed by atoms with van der Waals surface area (Å²) in [6.07, 6.45) is 2.70. The number of ether oxygens (including phenoxy) is 2. The van der Waals surface area contributed by atoms with E-state index in [0.717, 1.165) is 45.7 Å². The van der Waals surface area contributed by atoms with Gasteiger partial charge in [0.2, 0.25) is 5.91 Å². The Morgan fingerprint density at radius 3 is 2.94 bits per heavy atom. The molecule has 2 heterocycles. The zero-order chi connectivity index (χ0) is 12.8. The van der Waals surface area contributed by atoms with Gasteiger partial charge in [0.1, 0.15) is 0 Å². The minimum Gasteiger partial charge on any atom is -0.381 e. The number of hydrogen-bond acceptors (Lipinski definition) is 4. The average Bonchev–Trinajstić information content (AvgIpc) is 2.40. The summed E-state index contributed by atoms with van der Waals surface area (Å²) in [5, 5.41) is 3.29. The van der Waals surface area contributed by atoms with E-state index in [4.69, 9.17) is 9.47 Å². The molecule has 1 atom stereocenters. The zero-order valence-electron chi connectivity index (χ0n) is 11.2. The van der Waals surface area contributed by atoms with Crippen molar-refractivity contribution in [2.24, 2.45) is 0 Å². The Morgan fingerprint density at radius 1 is 1.44 bits per heavy atom. The number of carbonyl (C=O) groups is 1. The summed E-state index contributed by atoms with van der Waals surface area (Å²) in [5.41, 5.74) is 0. The van der Waals surface area contributed by atoms with Gasteiger partial charge in [-0.25, -0.2) is 0 Å². The molecule has 0 saturated carbocycles. The van der Waals surface area contributed by atoms with E-state index in [1.165, 1.54) is 0 Å². The second-order valence-corrected chi connectivity index (χ2v) is 5.07. The summed E-state index contributed by atoms with van der Waals surface area (Å²) in [4.78, 5) is 14.0. The van der Waals surface area contributed by atoms with Crippen LogP contribution in [0.1, 0.15) is 26.2 Å². The van der Waals surface area contributed by atoms with Crippen LogP contribution in [0.3, 0.4) is 0 Å². The highest BCUT2D eigenvalue weighted by Crippen LogP contribution is 2.11. The van der Waals surface area contributed by atoms with E-state index < -0.39 is 0 Å². The predicted octanol–water partition coefficient (Wildman–Crippen LogP) is 0.392. The van der Waals surface area contributed by atoms with Crippen molar-refractivity contribution in [1.82, 2.24) is 10.2 Å². The Kier molecular flexibility index (Phi) is 5.41. The Balaban J connectivity index is 1.64. The van der Waals surface area contributed by atoms with Gasteiger partial charge in [-0.15, -0.1) is 0 Å². The van der Waals surface area contributed by atoms with E-state index >= 15 is 0 Å². The van der Waals surface area contributed by atoms with Crippen molar-refractivity contribution in [1.29, 1.82) is 0 Å². The molecule has 1 amide bonds. The van der Waals surface area contributed by atoms with Gasteiger partial charge in [-0.1, -0.05) is 0 Å². The van der Waals surface area contributed by atoms with Crippen molar-refractivity contribution < 1.29 is 14.3 Å². The van der Waals surface area contributed by atoms with Crippen LogP contribution in [0.25, 0.3) is 0 Å². The molecule has 2 saturated heterocycles. The van der Waals surface area contributed by atoms with Crippen molar-refractivity contribution in [3.05, 3.63) is 0 Å². The first-order valence-corrected chi connectivity index (χ1v) is 6.97. The van der Waals surface area contributed by atoms with Crippen LogP contribution in [0.2, 0.25) is 0 Å². The van der Waals surface area contributed by atoms with Crippen LogP contribution in [0, 0.1) is 0 Å². The molecule has 0 aromatic rings. The van der Waals surface area contributed by atoms with E-state index in [-0.39, 0.29) is 12.0 Å². The van der Waals surface area contributed by atoms with Gasteiger partial charge < -0.3 is 19.7 Å². The third kappa shape index (κ3) is 3.93. The van der Waals surface area contributed by atoms with Crippen molar-refractivity contribution in [2.45, 2.75) is 38.3 Å². The van der Waals surface area contributed by atoms with Crippen LogP contribution >= 0.6 is 0 Å². The van der Waals surface area contributed by atoms with Crippen LogP contribution < -0.4 is 5.32 Å². The van der Waals surface area contributed by atoms with Crippen molar-refractivity contribution >= 4 is 5.91 Å². The largest absolute Gasteiger partial charge is 0.381 e. The molecule has 5 nitrogen and oxygen atoms in total. The molecule has 0 bridgehead atoms.